The van der Waals surface area contributed by atoms with Crippen molar-refractivity contribution in [3.8, 4) is 0 Å². The number of nitro groups is 1. The Morgan fingerprint density at radius 2 is 1.96 bits per heavy atom. The Morgan fingerprint density at radius 3 is 2.71 bits per heavy atom. The van der Waals surface area contributed by atoms with Crippen molar-refractivity contribution < 1.29 is 14.1 Å². The van der Waals surface area contributed by atoms with Gasteiger partial charge in [-0.15, -0.1) is 11.8 Å². The van der Waals surface area contributed by atoms with Crippen LogP contribution in [0.5, 0.6) is 0 Å². The van der Waals surface area contributed by atoms with Crippen LogP contribution in [-0.4, -0.2) is 10.7 Å². The first-order valence-electron chi connectivity index (χ1n) is 8.98. The molecular weight excluding hydrogens is 379 g/mol. The first-order valence-corrected chi connectivity index (χ1v) is 9.86. The molecule has 0 saturated heterocycles. The molecular formula is C21H19FN2O3S. The van der Waals surface area contributed by atoms with Gasteiger partial charge in [0, 0.05) is 40.3 Å². The molecule has 2 aliphatic rings. The van der Waals surface area contributed by atoms with Crippen molar-refractivity contribution in [1.82, 2.24) is 0 Å². The Morgan fingerprint density at radius 1 is 1.21 bits per heavy atom. The lowest BCUT2D eigenvalue weighted by Crippen LogP contribution is -2.29. The second-order valence-corrected chi connectivity index (χ2v) is 9.06. The van der Waals surface area contributed by atoms with Gasteiger partial charge in [0.1, 0.15) is 5.82 Å². The van der Waals surface area contributed by atoms with Crippen LogP contribution >= 0.6 is 11.8 Å². The standard InChI is InChI=1S/C21H19FN2O3S/c1-21(2)10-16-19(17(25)11-21)20(28-18-6-4-3-5-15(18)23-16)13-9-12(24(26)27)7-8-14(13)22/h3-9,20,23H,10-11H2,1-2H3/t20-/m0/s1. The number of nitrogens with one attached hydrogen (secondary N) is 1. The quantitative estimate of drug-likeness (QED) is 0.524. The van der Waals surface area contributed by atoms with Crippen LogP contribution in [0.2, 0.25) is 0 Å². The topological polar surface area (TPSA) is 72.2 Å². The number of thioether (sulfide) groups is 1. The van der Waals surface area contributed by atoms with E-state index in [2.05, 4.69) is 5.32 Å². The fourth-order valence-electron chi connectivity index (χ4n) is 3.84. The molecule has 1 atom stereocenters. The number of carbonyl (C=O) groups is 1. The highest BCUT2D eigenvalue weighted by Crippen LogP contribution is 2.52. The fourth-order valence-corrected chi connectivity index (χ4v) is 5.19. The lowest BCUT2D eigenvalue weighted by atomic mass is 9.74. The summed E-state index contributed by atoms with van der Waals surface area (Å²) in [4.78, 5) is 24.7. The average Bonchev–Trinajstić information content (AvgIpc) is 2.77. The molecule has 28 heavy (non-hydrogen) atoms. The molecule has 0 saturated carbocycles. The van der Waals surface area contributed by atoms with Gasteiger partial charge in [-0.3, -0.25) is 14.9 Å². The second kappa shape index (κ2) is 6.74. The van der Waals surface area contributed by atoms with Gasteiger partial charge in [-0.2, -0.15) is 0 Å². The van der Waals surface area contributed by atoms with Crippen LogP contribution in [0.1, 0.15) is 37.5 Å². The zero-order valence-corrected chi connectivity index (χ0v) is 16.3. The highest BCUT2D eigenvalue weighted by Gasteiger charge is 2.40. The normalized spacial score (nSPS) is 20.7. The van der Waals surface area contributed by atoms with Gasteiger partial charge in [-0.1, -0.05) is 26.0 Å². The molecule has 0 bridgehead atoms. The minimum atomic E-state index is -0.644. The van der Waals surface area contributed by atoms with Crippen LogP contribution in [0.4, 0.5) is 15.8 Å². The number of non-ortho nitro benzene ring substituents is 1. The van der Waals surface area contributed by atoms with Crippen molar-refractivity contribution in [3.63, 3.8) is 0 Å². The molecule has 0 amide bonds. The zero-order chi connectivity index (χ0) is 20.1. The largest absolute Gasteiger partial charge is 0.358 e. The molecule has 1 aliphatic carbocycles. The third kappa shape index (κ3) is 3.30. The maximum Gasteiger partial charge on any atom is 0.269 e. The van der Waals surface area contributed by atoms with Crippen LogP contribution in [0, 0.1) is 21.3 Å². The third-order valence-electron chi connectivity index (χ3n) is 5.07. The van der Waals surface area contributed by atoms with Gasteiger partial charge in [0.05, 0.1) is 15.9 Å². The van der Waals surface area contributed by atoms with E-state index in [0.29, 0.717) is 18.4 Å². The highest BCUT2D eigenvalue weighted by atomic mass is 32.2. The number of Topliss-reactive ketones (excluding diaryl/α,β-unsaturated/α-hetero) is 1. The van der Waals surface area contributed by atoms with Gasteiger partial charge in [0.15, 0.2) is 5.78 Å². The van der Waals surface area contributed by atoms with Gasteiger partial charge < -0.3 is 5.32 Å². The Hall–Kier alpha value is -2.67. The maximum absolute atomic E-state index is 14.8. The number of para-hydroxylation sites is 1. The SMILES string of the molecule is CC1(C)CC(=O)C2=C(C1)Nc1ccccc1S[C@H]2c1cc([N+](=O)[O-])ccc1F. The van der Waals surface area contributed by atoms with E-state index in [1.165, 1.54) is 17.8 Å². The van der Waals surface area contributed by atoms with Crippen LogP contribution in [0.25, 0.3) is 0 Å². The number of fused-ring (bicyclic) bond motifs is 1. The molecule has 2 aromatic carbocycles. The van der Waals surface area contributed by atoms with Crippen molar-refractivity contribution in [2.45, 2.75) is 36.8 Å². The maximum atomic E-state index is 14.8. The van der Waals surface area contributed by atoms with Crippen LogP contribution < -0.4 is 5.32 Å². The summed E-state index contributed by atoms with van der Waals surface area (Å²) in [5, 5.41) is 14.0. The molecule has 144 valence electrons. The van der Waals surface area contributed by atoms with Crippen molar-refractivity contribution in [2.24, 2.45) is 5.41 Å². The molecule has 4 rings (SSSR count). The summed E-state index contributed by atoms with van der Waals surface area (Å²) in [6.45, 7) is 4.06. The van der Waals surface area contributed by atoms with Gasteiger partial charge in [0.25, 0.3) is 5.69 Å². The Bertz CT molecular complexity index is 1030. The number of benzene rings is 2. The van der Waals surface area contributed by atoms with Gasteiger partial charge in [-0.05, 0) is 30.0 Å². The zero-order valence-electron chi connectivity index (χ0n) is 15.5. The minimum Gasteiger partial charge on any atom is -0.358 e. The van der Waals surface area contributed by atoms with Gasteiger partial charge >= 0.3 is 0 Å². The molecule has 0 unspecified atom stereocenters. The van der Waals surface area contributed by atoms with Gasteiger partial charge in [0.2, 0.25) is 0 Å². The number of anilines is 1. The number of nitrogens with zero attached hydrogens (tertiary/aromatic N) is 1. The summed E-state index contributed by atoms with van der Waals surface area (Å²) in [5.41, 5.74) is 1.92. The van der Waals surface area contributed by atoms with E-state index < -0.39 is 16.0 Å². The number of hydrogen-bond acceptors (Lipinski definition) is 5. The first-order chi connectivity index (χ1) is 13.2. The van der Waals surface area contributed by atoms with E-state index in [0.717, 1.165) is 28.4 Å². The van der Waals surface area contributed by atoms with Gasteiger partial charge in [-0.25, -0.2) is 4.39 Å². The van der Waals surface area contributed by atoms with Crippen molar-refractivity contribution in [3.05, 3.63) is 75.2 Å². The summed E-state index contributed by atoms with van der Waals surface area (Å²) < 4.78 is 14.8. The van der Waals surface area contributed by atoms with Crippen molar-refractivity contribution in [1.29, 1.82) is 0 Å². The highest BCUT2D eigenvalue weighted by molar-refractivity contribution is 8.00. The summed E-state index contributed by atoms with van der Waals surface area (Å²) in [5.74, 6) is -0.595. The van der Waals surface area contributed by atoms with E-state index in [-0.39, 0.29) is 22.4 Å². The summed E-state index contributed by atoms with van der Waals surface area (Å²) in [7, 11) is 0. The molecule has 7 heteroatoms. The first kappa shape index (κ1) is 18.7. The molecule has 0 fully saturated rings. The number of rotatable bonds is 2. The van der Waals surface area contributed by atoms with E-state index >= 15 is 0 Å². The van der Waals surface area contributed by atoms with E-state index in [1.54, 1.807) is 0 Å². The average molecular weight is 398 g/mol. The van der Waals surface area contributed by atoms with Crippen LogP contribution in [0.15, 0.2) is 58.6 Å². The molecule has 2 aromatic rings. The Kier molecular flexibility index (Phi) is 4.50. The van der Waals surface area contributed by atoms with E-state index in [1.807, 2.05) is 38.1 Å². The summed E-state index contributed by atoms with van der Waals surface area (Å²) in [6, 6.07) is 11.1. The van der Waals surface area contributed by atoms with Crippen molar-refractivity contribution in [2.75, 3.05) is 5.32 Å². The predicted octanol–water partition coefficient (Wildman–Crippen LogP) is 5.64. The smallest absolute Gasteiger partial charge is 0.269 e. The molecule has 0 spiro atoms. The second-order valence-electron chi connectivity index (χ2n) is 7.92. The molecule has 5 nitrogen and oxygen atoms in total. The number of allylic oxidation sites excluding steroid dienone is 1. The Labute approximate surface area is 166 Å². The summed E-state index contributed by atoms with van der Waals surface area (Å²) >= 11 is 1.35. The number of hydrogen-bond donors (Lipinski definition) is 1. The van der Waals surface area contributed by atoms with Crippen molar-refractivity contribution >= 4 is 28.9 Å². The molecule has 1 N–H and O–H groups in total. The predicted molar refractivity (Wildman–Crippen MR) is 107 cm³/mol. The lowest BCUT2D eigenvalue weighted by molar-refractivity contribution is -0.385. The van der Waals surface area contributed by atoms with E-state index in [4.69, 9.17) is 0 Å². The third-order valence-corrected chi connectivity index (χ3v) is 6.41. The van der Waals surface area contributed by atoms with Crippen LogP contribution in [0.3, 0.4) is 0 Å². The number of carbonyl (C=O) groups excluding carboxylic acids is 1. The van der Waals surface area contributed by atoms with Crippen LogP contribution in [-0.2, 0) is 4.79 Å². The minimum absolute atomic E-state index is 0.0463. The fraction of sp³-hybridized carbons (Fsp3) is 0.286. The van der Waals surface area contributed by atoms with E-state index in [9.17, 15) is 19.3 Å². The number of ketones is 1. The number of nitro benzene ring substituents is 1. The molecule has 0 radical (unpaired) electrons. The Balaban J connectivity index is 1.93. The lowest BCUT2D eigenvalue weighted by Gasteiger charge is -2.33. The number of halogens is 1. The molecule has 1 aliphatic heterocycles. The summed E-state index contributed by atoms with van der Waals surface area (Å²) in [6.07, 6.45) is 1.01. The monoisotopic (exact) mass is 398 g/mol. The molecule has 0 aromatic heterocycles. The molecule has 1 heterocycles.